The number of nitrogens with zero attached hydrogens (tertiary/aromatic N) is 2. The number of carboxylic acid groups (broad SMARTS) is 1. The molecule has 116 valence electrons. The Morgan fingerprint density at radius 1 is 1.40 bits per heavy atom. The number of rotatable bonds is 6. The summed E-state index contributed by atoms with van der Waals surface area (Å²) in [6, 6.07) is 0. The molecule has 0 saturated carbocycles. The van der Waals surface area contributed by atoms with Gasteiger partial charge in [-0.2, -0.15) is 0 Å². The zero-order valence-electron chi connectivity index (χ0n) is 11.9. The van der Waals surface area contributed by atoms with Crippen LogP contribution in [0.15, 0.2) is 0 Å². The van der Waals surface area contributed by atoms with E-state index in [0.29, 0.717) is 32.4 Å². The van der Waals surface area contributed by atoms with Gasteiger partial charge in [0.15, 0.2) is 0 Å². The molecular formula is C12H22N2O5S. The molecule has 1 atom stereocenters. The predicted molar refractivity (Wildman–Crippen MR) is 73.6 cm³/mol. The van der Waals surface area contributed by atoms with Crippen LogP contribution in [0.3, 0.4) is 0 Å². The minimum absolute atomic E-state index is 0.0255. The summed E-state index contributed by atoms with van der Waals surface area (Å²) in [5, 5.41) is 8.56. The Morgan fingerprint density at radius 2 is 2.05 bits per heavy atom. The molecule has 1 rings (SSSR count). The van der Waals surface area contributed by atoms with Gasteiger partial charge >= 0.3 is 5.97 Å². The minimum atomic E-state index is -3.26. The van der Waals surface area contributed by atoms with Crippen molar-refractivity contribution in [2.45, 2.75) is 25.7 Å². The van der Waals surface area contributed by atoms with Crippen LogP contribution in [0.5, 0.6) is 0 Å². The first kappa shape index (κ1) is 16.9. The number of sulfonamides is 1. The van der Waals surface area contributed by atoms with Gasteiger partial charge in [0.05, 0.1) is 12.2 Å². The molecule has 0 unspecified atom stereocenters. The number of amides is 1. The average molecular weight is 306 g/mol. The molecule has 1 aliphatic heterocycles. The van der Waals surface area contributed by atoms with Crippen LogP contribution in [-0.4, -0.2) is 67.5 Å². The van der Waals surface area contributed by atoms with Crippen molar-refractivity contribution >= 4 is 21.9 Å². The van der Waals surface area contributed by atoms with Gasteiger partial charge in [0.25, 0.3) is 0 Å². The van der Waals surface area contributed by atoms with E-state index in [1.54, 1.807) is 7.05 Å². The molecule has 1 amide bonds. The molecule has 0 aromatic heterocycles. The van der Waals surface area contributed by atoms with Gasteiger partial charge in [-0.25, -0.2) is 12.7 Å². The molecule has 0 bridgehead atoms. The van der Waals surface area contributed by atoms with Crippen LogP contribution in [0.4, 0.5) is 0 Å². The van der Waals surface area contributed by atoms with Gasteiger partial charge in [0, 0.05) is 33.1 Å². The van der Waals surface area contributed by atoms with Gasteiger partial charge in [-0.1, -0.05) is 0 Å². The average Bonchev–Trinajstić information content (AvgIpc) is 2.36. The molecule has 0 aromatic rings. The number of carbonyl (C=O) groups is 2. The highest BCUT2D eigenvalue weighted by Crippen LogP contribution is 2.20. The monoisotopic (exact) mass is 306 g/mol. The molecule has 1 fully saturated rings. The lowest BCUT2D eigenvalue weighted by Gasteiger charge is -2.32. The molecule has 1 aliphatic rings. The lowest BCUT2D eigenvalue weighted by molar-refractivity contribution is -0.139. The molecule has 20 heavy (non-hydrogen) atoms. The number of carboxylic acids is 1. The maximum atomic E-state index is 12.2. The summed E-state index contributed by atoms with van der Waals surface area (Å²) in [6.07, 6.45) is 2.93. The van der Waals surface area contributed by atoms with Gasteiger partial charge in [0.1, 0.15) is 0 Å². The van der Waals surface area contributed by atoms with Gasteiger partial charge in [-0.15, -0.1) is 0 Å². The van der Waals surface area contributed by atoms with Crippen LogP contribution in [0, 0.1) is 5.92 Å². The molecular weight excluding hydrogens is 284 g/mol. The van der Waals surface area contributed by atoms with Crippen molar-refractivity contribution in [3.8, 4) is 0 Å². The third-order valence-electron chi connectivity index (χ3n) is 3.46. The number of piperidine rings is 1. The topological polar surface area (TPSA) is 95.0 Å². The Labute approximate surface area is 119 Å². The second-order valence-electron chi connectivity index (χ2n) is 5.22. The molecule has 0 aromatic carbocycles. The van der Waals surface area contributed by atoms with Gasteiger partial charge < -0.3 is 10.0 Å². The van der Waals surface area contributed by atoms with Crippen LogP contribution in [0.2, 0.25) is 0 Å². The maximum Gasteiger partial charge on any atom is 0.303 e. The maximum absolute atomic E-state index is 12.2. The number of aliphatic carboxylic acids is 1. The second-order valence-corrected chi connectivity index (χ2v) is 7.20. The summed E-state index contributed by atoms with van der Waals surface area (Å²) in [7, 11) is -1.63. The van der Waals surface area contributed by atoms with E-state index in [1.807, 2.05) is 0 Å². The second kappa shape index (κ2) is 7.03. The fraction of sp³-hybridized carbons (Fsp3) is 0.833. The highest BCUT2D eigenvalue weighted by Gasteiger charge is 2.31. The smallest absolute Gasteiger partial charge is 0.303 e. The lowest BCUT2D eigenvalue weighted by Crippen LogP contribution is -2.45. The normalized spacial score (nSPS) is 20.6. The SMILES string of the molecule is CN(CCCC(=O)O)C(=O)[C@@H]1CCCN(S(C)(=O)=O)C1. The van der Waals surface area contributed by atoms with E-state index in [1.165, 1.54) is 9.21 Å². The van der Waals surface area contributed by atoms with Crippen molar-refractivity contribution in [1.29, 1.82) is 0 Å². The fourth-order valence-electron chi connectivity index (χ4n) is 2.33. The summed E-state index contributed by atoms with van der Waals surface area (Å²) in [4.78, 5) is 24.1. The van der Waals surface area contributed by atoms with Crippen molar-refractivity contribution in [2.75, 3.05) is 32.9 Å². The Hall–Kier alpha value is -1.15. The summed E-state index contributed by atoms with van der Waals surface area (Å²) in [6.45, 7) is 1.06. The zero-order valence-corrected chi connectivity index (χ0v) is 12.7. The summed E-state index contributed by atoms with van der Waals surface area (Å²) >= 11 is 0. The number of hydrogen-bond donors (Lipinski definition) is 1. The van der Waals surface area contributed by atoms with Crippen molar-refractivity contribution in [3.05, 3.63) is 0 Å². The minimum Gasteiger partial charge on any atom is -0.481 e. The molecule has 0 radical (unpaired) electrons. The van der Waals surface area contributed by atoms with Crippen molar-refractivity contribution < 1.29 is 23.1 Å². The first-order valence-electron chi connectivity index (χ1n) is 6.63. The van der Waals surface area contributed by atoms with Gasteiger partial charge in [-0.3, -0.25) is 9.59 Å². The summed E-state index contributed by atoms with van der Waals surface area (Å²) < 4.78 is 24.4. The Bertz CT molecular complexity index is 462. The first-order valence-corrected chi connectivity index (χ1v) is 8.48. The Balaban J connectivity index is 2.51. The van der Waals surface area contributed by atoms with Crippen molar-refractivity contribution in [2.24, 2.45) is 5.92 Å². The summed E-state index contributed by atoms with van der Waals surface area (Å²) in [5.74, 6) is -1.32. The zero-order chi connectivity index (χ0) is 15.3. The quantitative estimate of drug-likeness (QED) is 0.744. The number of carbonyl (C=O) groups excluding carboxylic acids is 1. The van der Waals surface area contributed by atoms with E-state index in [4.69, 9.17) is 5.11 Å². The third-order valence-corrected chi connectivity index (χ3v) is 4.73. The van der Waals surface area contributed by atoms with Crippen LogP contribution in [-0.2, 0) is 19.6 Å². The van der Waals surface area contributed by atoms with Gasteiger partial charge in [0.2, 0.25) is 15.9 Å². The third kappa shape index (κ3) is 5.09. The molecule has 8 heteroatoms. The van der Waals surface area contributed by atoms with E-state index in [0.717, 1.165) is 6.26 Å². The number of hydrogen-bond acceptors (Lipinski definition) is 4. The van der Waals surface area contributed by atoms with Crippen LogP contribution >= 0.6 is 0 Å². The Kier molecular flexibility index (Phi) is 5.94. The van der Waals surface area contributed by atoms with E-state index in [2.05, 4.69) is 0 Å². The van der Waals surface area contributed by atoms with Gasteiger partial charge in [-0.05, 0) is 19.3 Å². The van der Waals surface area contributed by atoms with E-state index >= 15 is 0 Å². The predicted octanol–water partition coefficient (Wildman–Crippen LogP) is -0.0188. The van der Waals surface area contributed by atoms with E-state index in [9.17, 15) is 18.0 Å². The van der Waals surface area contributed by atoms with E-state index in [-0.39, 0.29) is 24.8 Å². The molecule has 1 N–H and O–H groups in total. The summed E-state index contributed by atoms with van der Waals surface area (Å²) in [5.41, 5.74) is 0. The fourth-order valence-corrected chi connectivity index (χ4v) is 3.25. The molecule has 7 nitrogen and oxygen atoms in total. The largest absolute Gasteiger partial charge is 0.481 e. The van der Waals surface area contributed by atoms with Crippen molar-refractivity contribution in [3.63, 3.8) is 0 Å². The first-order chi connectivity index (χ1) is 9.21. The molecule has 0 spiro atoms. The van der Waals surface area contributed by atoms with Crippen LogP contribution < -0.4 is 0 Å². The standard InChI is InChI=1S/C12H22N2O5S/c1-13(7-4-6-11(15)16)12(17)10-5-3-8-14(9-10)20(2,18)19/h10H,3-9H2,1-2H3,(H,15,16)/t10-/m1/s1. The Morgan fingerprint density at radius 3 is 2.60 bits per heavy atom. The van der Waals surface area contributed by atoms with Crippen LogP contribution in [0.25, 0.3) is 0 Å². The molecule has 0 aliphatic carbocycles. The van der Waals surface area contributed by atoms with Crippen molar-refractivity contribution in [1.82, 2.24) is 9.21 Å². The van der Waals surface area contributed by atoms with Crippen LogP contribution in [0.1, 0.15) is 25.7 Å². The highest BCUT2D eigenvalue weighted by atomic mass is 32.2. The lowest BCUT2D eigenvalue weighted by atomic mass is 9.98. The molecule has 1 heterocycles. The highest BCUT2D eigenvalue weighted by molar-refractivity contribution is 7.88. The van der Waals surface area contributed by atoms with E-state index < -0.39 is 16.0 Å². The molecule has 1 saturated heterocycles.